The molecule has 2 saturated heterocycles. The van der Waals surface area contributed by atoms with Crippen LogP contribution < -0.4 is 0 Å². The molecule has 2 aliphatic heterocycles. The van der Waals surface area contributed by atoms with Crippen LogP contribution in [0.2, 0.25) is 0 Å². The number of carbonyl (C=O) groups is 1. The summed E-state index contributed by atoms with van der Waals surface area (Å²) in [4.78, 5) is 21.3. The molecule has 1 saturated carbocycles. The molecule has 2 atom stereocenters. The quantitative estimate of drug-likeness (QED) is 0.804. The highest BCUT2D eigenvalue weighted by Crippen LogP contribution is 2.46. The average Bonchev–Trinajstić information content (AvgIpc) is 3.18. The topological polar surface area (TPSA) is 62.5 Å². The molecule has 0 N–H and O–H groups in total. The molecule has 1 aromatic carbocycles. The van der Waals surface area contributed by atoms with E-state index in [-0.39, 0.29) is 17.7 Å². The van der Waals surface area contributed by atoms with E-state index in [0.717, 1.165) is 31.0 Å². The van der Waals surface area contributed by atoms with Crippen molar-refractivity contribution in [2.75, 3.05) is 26.2 Å². The zero-order valence-electron chi connectivity index (χ0n) is 15.7. The van der Waals surface area contributed by atoms with Gasteiger partial charge in [-0.25, -0.2) is 8.78 Å². The molecular formula is C20H22F2N4O2. The number of carbonyl (C=O) groups excluding carboxylic acids is 1. The molecule has 0 spiro atoms. The summed E-state index contributed by atoms with van der Waals surface area (Å²) in [7, 11) is 0. The lowest BCUT2D eigenvalue weighted by molar-refractivity contribution is -0.132. The van der Waals surface area contributed by atoms with Gasteiger partial charge in [-0.3, -0.25) is 9.69 Å². The lowest BCUT2D eigenvalue weighted by Gasteiger charge is -2.26. The van der Waals surface area contributed by atoms with Crippen LogP contribution in [-0.4, -0.2) is 52.0 Å². The first-order chi connectivity index (χ1) is 13.4. The molecule has 1 aliphatic carbocycles. The number of benzene rings is 1. The van der Waals surface area contributed by atoms with Crippen molar-refractivity contribution in [3.05, 3.63) is 47.1 Å². The number of hydrogen-bond donors (Lipinski definition) is 0. The number of nitrogens with zero attached hydrogens (tertiary/aromatic N) is 4. The Hall–Kier alpha value is -2.35. The van der Waals surface area contributed by atoms with Gasteiger partial charge >= 0.3 is 0 Å². The predicted octanol–water partition coefficient (Wildman–Crippen LogP) is 2.28. The third kappa shape index (κ3) is 2.90. The second kappa shape index (κ2) is 6.34. The van der Waals surface area contributed by atoms with E-state index in [1.165, 1.54) is 6.07 Å². The molecule has 2 aromatic rings. The second-order valence-electron chi connectivity index (χ2n) is 8.41. The molecular weight excluding hydrogens is 366 g/mol. The molecule has 0 unspecified atom stereocenters. The Balaban J connectivity index is 1.39. The number of aryl methyl sites for hydroxylation is 1. The Labute approximate surface area is 161 Å². The minimum Gasteiger partial charge on any atom is -0.341 e. The van der Waals surface area contributed by atoms with Crippen LogP contribution in [0.1, 0.15) is 30.1 Å². The van der Waals surface area contributed by atoms with Gasteiger partial charge in [0.15, 0.2) is 17.5 Å². The molecule has 5 rings (SSSR count). The third-order valence-electron chi connectivity index (χ3n) is 6.26. The van der Waals surface area contributed by atoms with Gasteiger partial charge in [0.25, 0.3) is 0 Å². The first kappa shape index (κ1) is 17.7. The number of fused-ring (bicyclic) bond motifs is 1. The van der Waals surface area contributed by atoms with Crippen LogP contribution in [0.5, 0.6) is 0 Å². The zero-order valence-corrected chi connectivity index (χ0v) is 15.7. The van der Waals surface area contributed by atoms with Gasteiger partial charge in [0.2, 0.25) is 11.8 Å². The average molecular weight is 388 g/mol. The highest BCUT2D eigenvalue weighted by molar-refractivity contribution is 5.81. The van der Waals surface area contributed by atoms with E-state index in [1.807, 2.05) is 4.90 Å². The maximum absolute atomic E-state index is 13.6. The van der Waals surface area contributed by atoms with Gasteiger partial charge in [-0.15, -0.1) is 0 Å². The number of amides is 1. The normalized spacial score (nSPS) is 27.4. The van der Waals surface area contributed by atoms with Gasteiger partial charge in [0, 0.05) is 44.6 Å². The first-order valence-electron chi connectivity index (χ1n) is 9.70. The number of hydrogen-bond acceptors (Lipinski definition) is 5. The molecule has 28 heavy (non-hydrogen) atoms. The van der Waals surface area contributed by atoms with Crippen LogP contribution in [0.15, 0.2) is 22.7 Å². The van der Waals surface area contributed by atoms with Crippen LogP contribution >= 0.6 is 0 Å². The molecule has 1 aromatic heterocycles. The van der Waals surface area contributed by atoms with Gasteiger partial charge in [-0.05, 0) is 37.5 Å². The molecule has 6 nitrogen and oxygen atoms in total. The highest BCUT2D eigenvalue weighted by Gasteiger charge is 2.58. The van der Waals surface area contributed by atoms with E-state index >= 15 is 0 Å². The number of rotatable bonds is 4. The molecule has 1 amide bonds. The standard InChI is InChI=1S/C20H22F2N4O2/c1-12-23-19(28-24-12)20-10-25(7-13-2-5-16(21)17(22)6-13)8-15(20)9-26(11-20)18(27)14-3-4-14/h2,5-6,14-15H,3-4,7-11H2,1H3/t15-,20-/m0/s1. The fourth-order valence-electron chi connectivity index (χ4n) is 4.74. The SMILES string of the molecule is Cc1noc([C@]23CN(Cc4ccc(F)c(F)c4)C[C@H]2CN(C(=O)C2CC2)C3)n1. The lowest BCUT2D eigenvalue weighted by atomic mass is 9.81. The Morgan fingerprint density at radius 3 is 2.75 bits per heavy atom. The van der Waals surface area contributed by atoms with Crippen molar-refractivity contribution < 1.29 is 18.1 Å². The summed E-state index contributed by atoms with van der Waals surface area (Å²) in [6.07, 6.45) is 1.96. The summed E-state index contributed by atoms with van der Waals surface area (Å²) < 4.78 is 32.4. The molecule has 0 bridgehead atoms. The largest absolute Gasteiger partial charge is 0.341 e. The van der Waals surface area contributed by atoms with Crippen LogP contribution in [0.4, 0.5) is 8.78 Å². The van der Waals surface area contributed by atoms with Crippen molar-refractivity contribution in [1.29, 1.82) is 0 Å². The second-order valence-corrected chi connectivity index (χ2v) is 8.41. The van der Waals surface area contributed by atoms with Crippen molar-refractivity contribution >= 4 is 5.91 Å². The summed E-state index contributed by atoms with van der Waals surface area (Å²) in [5.74, 6) is 0.0774. The van der Waals surface area contributed by atoms with Crippen LogP contribution in [0.25, 0.3) is 0 Å². The van der Waals surface area contributed by atoms with Crippen LogP contribution in [0, 0.1) is 30.4 Å². The summed E-state index contributed by atoms with van der Waals surface area (Å²) in [5, 5.41) is 3.96. The summed E-state index contributed by atoms with van der Waals surface area (Å²) >= 11 is 0. The van der Waals surface area contributed by atoms with Gasteiger partial charge in [0.05, 0.1) is 5.41 Å². The van der Waals surface area contributed by atoms with Crippen LogP contribution in [-0.2, 0) is 16.8 Å². The van der Waals surface area contributed by atoms with E-state index in [9.17, 15) is 13.6 Å². The summed E-state index contributed by atoms with van der Waals surface area (Å²) in [5.41, 5.74) is 0.325. The van der Waals surface area contributed by atoms with Crippen molar-refractivity contribution in [3.63, 3.8) is 0 Å². The predicted molar refractivity (Wildman–Crippen MR) is 95.1 cm³/mol. The fourth-order valence-corrected chi connectivity index (χ4v) is 4.74. The van der Waals surface area contributed by atoms with Gasteiger partial charge in [0.1, 0.15) is 0 Å². The van der Waals surface area contributed by atoms with Crippen molar-refractivity contribution in [1.82, 2.24) is 19.9 Å². The Bertz CT molecular complexity index is 929. The number of halogens is 2. The zero-order chi connectivity index (χ0) is 19.5. The first-order valence-corrected chi connectivity index (χ1v) is 9.70. The Kier molecular flexibility index (Phi) is 4.01. The molecule has 3 fully saturated rings. The van der Waals surface area contributed by atoms with E-state index < -0.39 is 17.0 Å². The molecule has 8 heteroatoms. The minimum atomic E-state index is -0.839. The summed E-state index contributed by atoms with van der Waals surface area (Å²) in [6, 6.07) is 4.02. The maximum atomic E-state index is 13.6. The Morgan fingerprint density at radius 2 is 2.07 bits per heavy atom. The van der Waals surface area contributed by atoms with Gasteiger partial charge < -0.3 is 9.42 Å². The van der Waals surface area contributed by atoms with Crippen molar-refractivity contribution in [2.45, 2.75) is 31.7 Å². The highest BCUT2D eigenvalue weighted by atomic mass is 19.2. The Morgan fingerprint density at radius 1 is 1.25 bits per heavy atom. The van der Waals surface area contributed by atoms with E-state index in [1.54, 1.807) is 13.0 Å². The molecule has 0 radical (unpaired) electrons. The van der Waals surface area contributed by atoms with Crippen molar-refractivity contribution in [3.8, 4) is 0 Å². The monoisotopic (exact) mass is 388 g/mol. The summed E-state index contributed by atoms with van der Waals surface area (Å²) in [6.45, 7) is 4.93. The number of aromatic nitrogens is 2. The molecule has 3 heterocycles. The minimum absolute atomic E-state index is 0.179. The van der Waals surface area contributed by atoms with Crippen molar-refractivity contribution in [2.24, 2.45) is 11.8 Å². The lowest BCUT2D eigenvalue weighted by Crippen LogP contribution is -2.40. The van der Waals surface area contributed by atoms with Gasteiger partial charge in [-0.2, -0.15) is 4.98 Å². The van der Waals surface area contributed by atoms with E-state index in [0.29, 0.717) is 37.9 Å². The third-order valence-corrected chi connectivity index (χ3v) is 6.26. The number of likely N-dealkylation sites (tertiary alicyclic amines) is 2. The smallest absolute Gasteiger partial charge is 0.236 e. The van der Waals surface area contributed by atoms with Crippen LogP contribution in [0.3, 0.4) is 0 Å². The maximum Gasteiger partial charge on any atom is 0.236 e. The molecule has 148 valence electrons. The van der Waals surface area contributed by atoms with Gasteiger partial charge in [-0.1, -0.05) is 11.2 Å². The fraction of sp³-hybridized carbons (Fsp3) is 0.550. The van der Waals surface area contributed by atoms with E-state index in [2.05, 4.69) is 15.0 Å². The molecule has 3 aliphatic rings. The van der Waals surface area contributed by atoms with E-state index in [4.69, 9.17) is 4.52 Å².